The van der Waals surface area contributed by atoms with Gasteiger partial charge in [-0.1, -0.05) is 6.07 Å². The predicted octanol–water partition coefficient (Wildman–Crippen LogP) is 2.97. The number of nitrogens with one attached hydrogen (secondary N) is 2. The number of amides is 3. The number of carbonyl (C=O) groups is 2. The van der Waals surface area contributed by atoms with E-state index in [-0.39, 0.29) is 30.3 Å². The molecule has 2 N–H and O–H groups in total. The summed E-state index contributed by atoms with van der Waals surface area (Å²) in [6.07, 6.45) is -2.34. The fourth-order valence-corrected chi connectivity index (χ4v) is 4.61. The largest absolute Gasteiger partial charge is 0.494 e. The van der Waals surface area contributed by atoms with E-state index in [1.54, 1.807) is 25.2 Å². The Bertz CT molecular complexity index is 1510. The van der Waals surface area contributed by atoms with Crippen molar-refractivity contribution in [2.45, 2.75) is 25.1 Å². The van der Waals surface area contributed by atoms with E-state index >= 15 is 0 Å². The van der Waals surface area contributed by atoms with E-state index in [9.17, 15) is 22.8 Å². The maximum Gasteiger partial charge on any atom is 0.409 e. The summed E-state index contributed by atoms with van der Waals surface area (Å²) in [6.45, 7) is -3.13. The molecule has 1 saturated carbocycles. The molecule has 2 fully saturated rings. The number of hydrogen-bond acceptors (Lipinski definition) is 8. The average Bonchev–Trinajstić information content (AvgIpc) is 3.52. The van der Waals surface area contributed by atoms with Crippen LogP contribution in [-0.2, 0) is 7.05 Å². The predicted molar refractivity (Wildman–Crippen MR) is 134 cm³/mol. The lowest BCUT2D eigenvalue weighted by molar-refractivity contribution is -0.179. The molecule has 1 atom stereocenters. The van der Waals surface area contributed by atoms with Crippen molar-refractivity contribution in [1.29, 1.82) is 0 Å². The van der Waals surface area contributed by atoms with E-state index in [4.69, 9.17) is 8.85 Å². The lowest BCUT2D eigenvalue weighted by Crippen LogP contribution is -2.49. The van der Waals surface area contributed by atoms with Gasteiger partial charge < -0.3 is 20.3 Å². The van der Waals surface area contributed by atoms with E-state index in [2.05, 4.69) is 25.6 Å². The maximum atomic E-state index is 13.8. The lowest BCUT2D eigenvalue weighted by Gasteiger charge is -2.29. The van der Waals surface area contributed by atoms with Gasteiger partial charge in [0.15, 0.2) is 23.1 Å². The molecule has 1 aliphatic heterocycles. The number of benzene rings is 1. The van der Waals surface area contributed by atoms with Gasteiger partial charge >= 0.3 is 12.2 Å². The maximum absolute atomic E-state index is 13.8. The molecule has 0 spiro atoms. The van der Waals surface area contributed by atoms with Gasteiger partial charge in [-0.25, -0.2) is 9.78 Å². The summed E-state index contributed by atoms with van der Waals surface area (Å²) in [4.78, 5) is 32.1. The number of halogens is 3. The standard InChI is InChI=1S/C24H26F3N9O3/c1-28-22(37)18-16(30-15-6-4-5-14(19(15)39-3)21-29-12-34(2)33-21)11-17(31-32-18)35-9-10-36(23(35)38)20(13-7-8-13)24(25,26)27/h4-6,11-13,20H,7-10H2,1-3H3,(H,28,37)(H,30,31)/i1D3. The first kappa shape index (κ1) is 22.5. The number of hydrogen-bond donors (Lipinski definition) is 2. The van der Waals surface area contributed by atoms with Gasteiger partial charge in [0.05, 0.1) is 24.0 Å². The van der Waals surface area contributed by atoms with Crippen molar-refractivity contribution in [2.75, 3.05) is 37.4 Å². The number of nitrogens with zero attached hydrogens (tertiary/aromatic N) is 7. The minimum atomic E-state index is -4.59. The number of carbonyl (C=O) groups excluding carboxylic acids is 2. The van der Waals surface area contributed by atoms with Crippen molar-refractivity contribution in [3.63, 3.8) is 0 Å². The molecule has 5 rings (SSSR count). The molecule has 2 aliphatic rings. The molecule has 12 nitrogen and oxygen atoms in total. The number of methoxy groups -OCH3 is 1. The first-order valence-electron chi connectivity index (χ1n) is 13.4. The molecule has 206 valence electrons. The SMILES string of the molecule is [2H]C([2H])([2H])NC(=O)c1nnc(N2CCN(C(C3CC3)C(F)(F)F)C2=O)cc1Nc1cccc(-c2ncn(C)n2)c1OC. The quantitative estimate of drug-likeness (QED) is 0.440. The summed E-state index contributed by atoms with van der Waals surface area (Å²) in [5.74, 6) is -1.28. The minimum Gasteiger partial charge on any atom is -0.494 e. The smallest absolute Gasteiger partial charge is 0.409 e. The van der Waals surface area contributed by atoms with E-state index in [1.807, 2.05) is 5.32 Å². The highest BCUT2D eigenvalue weighted by Crippen LogP contribution is 2.44. The highest BCUT2D eigenvalue weighted by atomic mass is 19.4. The second-order valence-corrected chi connectivity index (χ2v) is 9.12. The second-order valence-electron chi connectivity index (χ2n) is 9.12. The Hall–Kier alpha value is -4.43. The summed E-state index contributed by atoms with van der Waals surface area (Å²) in [5, 5.41) is 16.9. The number of aryl methyl sites for hydroxylation is 1. The van der Waals surface area contributed by atoms with E-state index in [1.165, 1.54) is 24.2 Å². The summed E-state index contributed by atoms with van der Waals surface area (Å²) in [5.41, 5.74) is 0.270. The Morgan fingerprint density at radius 1 is 1.23 bits per heavy atom. The van der Waals surface area contributed by atoms with Crippen LogP contribution in [0, 0.1) is 5.92 Å². The van der Waals surface area contributed by atoms with Gasteiger partial charge in [0, 0.05) is 37.3 Å². The van der Waals surface area contributed by atoms with E-state index in [0.717, 1.165) is 9.80 Å². The molecular weight excluding hydrogens is 519 g/mol. The zero-order valence-electron chi connectivity index (χ0n) is 23.9. The van der Waals surface area contributed by atoms with Crippen molar-refractivity contribution in [1.82, 2.24) is 35.2 Å². The molecule has 0 bridgehead atoms. The monoisotopic (exact) mass is 548 g/mol. The van der Waals surface area contributed by atoms with Crippen LogP contribution < -0.4 is 20.3 Å². The molecule has 0 radical (unpaired) electrons. The van der Waals surface area contributed by atoms with E-state index < -0.39 is 42.7 Å². The average molecular weight is 549 g/mol. The molecule has 15 heteroatoms. The Balaban J connectivity index is 1.52. The van der Waals surface area contributed by atoms with Crippen LogP contribution in [-0.4, -0.2) is 81.2 Å². The molecule has 39 heavy (non-hydrogen) atoms. The number of ether oxygens (including phenoxy) is 1. The van der Waals surface area contributed by atoms with Gasteiger partial charge in [0.25, 0.3) is 5.91 Å². The fraction of sp³-hybridized carbons (Fsp3) is 0.417. The molecule has 1 unspecified atom stereocenters. The first-order chi connectivity index (χ1) is 19.8. The van der Waals surface area contributed by atoms with Crippen LogP contribution in [0.4, 0.5) is 35.2 Å². The number of rotatable bonds is 8. The third-order valence-electron chi connectivity index (χ3n) is 6.50. The third-order valence-corrected chi connectivity index (χ3v) is 6.50. The Morgan fingerprint density at radius 2 is 2.03 bits per heavy atom. The van der Waals surface area contributed by atoms with E-state index in [0.29, 0.717) is 29.9 Å². The molecule has 2 aromatic heterocycles. The Labute approximate surface area is 225 Å². The first-order valence-corrected chi connectivity index (χ1v) is 11.9. The number of aromatic nitrogens is 5. The molecule has 1 aromatic carbocycles. The number of anilines is 3. The van der Waals surface area contributed by atoms with Gasteiger partial charge in [0.1, 0.15) is 12.4 Å². The van der Waals surface area contributed by atoms with Gasteiger partial charge in [-0.2, -0.15) is 18.3 Å². The molecular formula is C24H26F3N9O3. The van der Waals surface area contributed by atoms with Crippen LogP contribution in [0.5, 0.6) is 5.75 Å². The lowest BCUT2D eigenvalue weighted by atomic mass is 10.1. The van der Waals surface area contributed by atoms with Crippen molar-refractivity contribution in [3.05, 3.63) is 36.3 Å². The van der Waals surface area contributed by atoms with Gasteiger partial charge in [-0.15, -0.1) is 10.2 Å². The van der Waals surface area contributed by atoms with Gasteiger partial charge in [-0.3, -0.25) is 14.4 Å². The summed E-state index contributed by atoms with van der Waals surface area (Å²) in [7, 11) is 3.09. The zero-order valence-corrected chi connectivity index (χ0v) is 20.9. The molecule has 3 heterocycles. The highest BCUT2D eigenvalue weighted by molar-refractivity contribution is 6.00. The summed E-state index contributed by atoms with van der Waals surface area (Å²) >= 11 is 0. The number of para-hydroxylation sites is 1. The highest BCUT2D eigenvalue weighted by Gasteiger charge is 2.55. The topological polar surface area (TPSA) is 130 Å². The van der Waals surface area contributed by atoms with Crippen LogP contribution >= 0.6 is 0 Å². The van der Waals surface area contributed by atoms with Crippen LogP contribution in [0.1, 0.15) is 27.4 Å². The van der Waals surface area contributed by atoms with Crippen LogP contribution in [0.25, 0.3) is 11.4 Å². The van der Waals surface area contributed by atoms with Crippen molar-refractivity contribution >= 4 is 29.1 Å². The fourth-order valence-electron chi connectivity index (χ4n) is 4.61. The van der Waals surface area contributed by atoms with Crippen molar-refractivity contribution in [2.24, 2.45) is 13.0 Å². The van der Waals surface area contributed by atoms with Crippen molar-refractivity contribution in [3.8, 4) is 17.1 Å². The normalized spacial score (nSPS) is 17.9. The zero-order chi connectivity index (χ0) is 30.4. The summed E-state index contributed by atoms with van der Waals surface area (Å²) in [6, 6.07) is 3.40. The van der Waals surface area contributed by atoms with Crippen molar-refractivity contribution < 1.29 is 31.6 Å². The van der Waals surface area contributed by atoms with Crippen LogP contribution in [0.3, 0.4) is 0 Å². The Kier molecular flexibility index (Phi) is 5.80. The van der Waals surface area contributed by atoms with Crippen LogP contribution in [0.2, 0.25) is 0 Å². The number of urea groups is 1. The molecule has 1 saturated heterocycles. The summed E-state index contributed by atoms with van der Waals surface area (Å²) < 4.78 is 70.7. The molecule has 3 amide bonds. The third kappa shape index (κ3) is 5.03. The number of alkyl halides is 3. The Morgan fingerprint density at radius 3 is 2.67 bits per heavy atom. The second kappa shape index (κ2) is 10.0. The van der Waals surface area contributed by atoms with Crippen LogP contribution in [0.15, 0.2) is 30.6 Å². The molecule has 1 aliphatic carbocycles. The minimum absolute atomic E-state index is 0.0769. The molecule has 3 aromatic rings. The van der Waals surface area contributed by atoms with Gasteiger partial charge in [0.2, 0.25) is 0 Å². The van der Waals surface area contributed by atoms with Gasteiger partial charge in [-0.05, 0) is 30.9 Å².